The molecule has 0 atom stereocenters. The Kier molecular flexibility index (Phi) is 4.29. The smallest absolute Gasteiger partial charge is 0.265 e. The molecule has 5 heteroatoms. The quantitative estimate of drug-likeness (QED) is 0.727. The summed E-state index contributed by atoms with van der Waals surface area (Å²) in [5.74, 6) is -0.112. The van der Waals surface area contributed by atoms with Gasteiger partial charge in [0.15, 0.2) is 0 Å². The summed E-state index contributed by atoms with van der Waals surface area (Å²) in [7, 11) is 0. The molecule has 2 nitrogen and oxygen atoms in total. The zero-order valence-corrected chi connectivity index (χ0v) is 13.6. The van der Waals surface area contributed by atoms with E-state index in [2.05, 4.69) is 27.9 Å². The molecule has 0 aliphatic rings. The number of nitrogens with one attached hydrogen (secondary N) is 1. The van der Waals surface area contributed by atoms with E-state index in [4.69, 9.17) is 11.6 Å². The highest BCUT2D eigenvalue weighted by Crippen LogP contribution is 2.26. The maximum absolute atomic E-state index is 12.1. The summed E-state index contributed by atoms with van der Waals surface area (Å²) in [5, 5.41) is 3.39. The van der Waals surface area contributed by atoms with Crippen molar-refractivity contribution in [2.45, 2.75) is 13.8 Å². The normalized spacial score (nSPS) is 10.4. The molecule has 2 aromatic rings. The monoisotopic (exact) mass is 391 g/mol. The first-order chi connectivity index (χ1) is 8.47. The molecule has 1 aromatic carbocycles. The third-order valence-electron chi connectivity index (χ3n) is 2.57. The Morgan fingerprint density at radius 1 is 1.33 bits per heavy atom. The van der Waals surface area contributed by atoms with Gasteiger partial charge in [-0.2, -0.15) is 0 Å². The molecule has 1 heterocycles. The van der Waals surface area contributed by atoms with Gasteiger partial charge in [0.1, 0.15) is 0 Å². The Hall–Kier alpha value is -0.590. The van der Waals surface area contributed by atoms with Gasteiger partial charge in [0, 0.05) is 8.45 Å². The number of rotatable bonds is 2. The molecular weight excluding hydrogens is 381 g/mol. The summed E-state index contributed by atoms with van der Waals surface area (Å²) >= 11 is 9.76. The summed E-state index contributed by atoms with van der Waals surface area (Å²) in [5.41, 5.74) is 1.78. The highest BCUT2D eigenvalue weighted by Gasteiger charge is 2.12. The van der Waals surface area contributed by atoms with Crippen LogP contribution in [0.1, 0.15) is 20.1 Å². The molecule has 2 rings (SSSR count). The fourth-order valence-electron chi connectivity index (χ4n) is 1.46. The summed E-state index contributed by atoms with van der Waals surface area (Å²) in [6, 6.07) is 7.45. The number of hydrogen-bond acceptors (Lipinski definition) is 2. The van der Waals surface area contributed by atoms with E-state index < -0.39 is 0 Å². The van der Waals surface area contributed by atoms with Gasteiger partial charge in [-0.3, -0.25) is 4.79 Å². The predicted octanol–water partition coefficient (Wildman–Crippen LogP) is 4.88. The minimum Gasteiger partial charge on any atom is -0.320 e. The fourth-order valence-corrected chi connectivity index (χ4v) is 3.29. The number of carbonyl (C=O) groups excluding carboxylic acids is 1. The van der Waals surface area contributed by atoms with Crippen molar-refractivity contribution in [1.82, 2.24) is 0 Å². The topological polar surface area (TPSA) is 29.1 Å². The Morgan fingerprint density at radius 2 is 2.06 bits per heavy atom. The van der Waals surface area contributed by atoms with E-state index in [9.17, 15) is 4.79 Å². The number of anilines is 1. The van der Waals surface area contributed by atoms with Crippen molar-refractivity contribution in [3.8, 4) is 0 Å². The van der Waals surface area contributed by atoms with Crippen molar-refractivity contribution in [1.29, 1.82) is 0 Å². The highest BCUT2D eigenvalue weighted by molar-refractivity contribution is 14.1. The Labute approximate surface area is 129 Å². The van der Waals surface area contributed by atoms with Gasteiger partial charge in [-0.1, -0.05) is 11.6 Å². The second-order valence-electron chi connectivity index (χ2n) is 3.93. The van der Waals surface area contributed by atoms with Crippen LogP contribution in [0.3, 0.4) is 0 Å². The Bertz CT molecular complexity index is 590. The minimum atomic E-state index is -0.112. The van der Waals surface area contributed by atoms with Gasteiger partial charge in [0.05, 0.1) is 15.6 Å². The summed E-state index contributed by atoms with van der Waals surface area (Å²) in [6.07, 6.45) is 0. The van der Waals surface area contributed by atoms with E-state index in [1.807, 2.05) is 38.1 Å². The first kappa shape index (κ1) is 13.8. The molecule has 1 N–H and O–H groups in total. The largest absolute Gasteiger partial charge is 0.320 e. The van der Waals surface area contributed by atoms with Gasteiger partial charge in [-0.15, -0.1) is 11.3 Å². The molecule has 0 aliphatic heterocycles. The highest BCUT2D eigenvalue weighted by atomic mass is 127. The zero-order valence-electron chi connectivity index (χ0n) is 9.88. The number of halogens is 2. The Balaban J connectivity index is 2.21. The van der Waals surface area contributed by atoms with Crippen LogP contribution < -0.4 is 5.32 Å². The number of thiophene rings is 1. The maximum atomic E-state index is 12.1. The van der Waals surface area contributed by atoms with Crippen LogP contribution in [0.4, 0.5) is 5.69 Å². The Morgan fingerprint density at radius 3 is 2.61 bits per heavy atom. The lowest BCUT2D eigenvalue weighted by Gasteiger charge is -2.06. The number of amides is 1. The van der Waals surface area contributed by atoms with Crippen LogP contribution in [0.25, 0.3) is 0 Å². The number of benzene rings is 1. The molecule has 0 radical (unpaired) electrons. The number of hydrogen-bond donors (Lipinski definition) is 1. The number of aryl methyl sites for hydroxylation is 2. The molecule has 0 spiro atoms. The van der Waals surface area contributed by atoms with Crippen molar-refractivity contribution >= 4 is 57.1 Å². The average Bonchev–Trinajstić information content (AvgIpc) is 2.63. The van der Waals surface area contributed by atoms with Crippen molar-refractivity contribution in [2.24, 2.45) is 0 Å². The van der Waals surface area contributed by atoms with Crippen LogP contribution in [-0.2, 0) is 0 Å². The first-order valence-electron chi connectivity index (χ1n) is 5.31. The van der Waals surface area contributed by atoms with Gasteiger partial charge in [-0.05, 0) is 66.3 Å². The van der Waals surface area contributed by atoms with Crippen molar-refractivity contribution < 1.29 is 4.79 Å². The molecule has 0 saturated heterocycles. The van der Waals surface area contributed by atoms with Gasteiger partial charge >= 0.3 is 0 Å². The molecule has 0 saturated carbocycles. The molecule has 1 aromatic heterocycles. The van der Waals surface area contributed by atoms with Crippen molar-refractivity contribution in [3.63, 3.8) is 0 Å². The van der Waals surface area contributed by atoms with E-state index in [0.717, 1.165) is 14.0 Å². The summed E-state index contributed by atoms with van der Waals surface area (Å²) < 4.78 is 1.04. The number of carbonyl (C=O) groups is 1. The molecule has 94 valence electrons. The van der Waals surface area contributed by atoms with Crippen molar-refractivity contribution in [2.75, 3.05) is 5.32 Å². The fraction of sp³-hybridized carbons (Fsp3) is 0.154. The molecule has 18 heavy (non-hydrogen) atoms. The van der Waals surface area contributed by atoms with Gasteiger partial charge in [0.2, 0.25) is 0 Å². The second-order valence-corrected chi connectivity index (χ2v) is 6.84. The van der Waals surface area contributed by atoms with E-state index in [1.54, 1.807) is 0 Å². The van der Waals surface area contributed by atoms with E-state index in [0.29, 0.717) is 15.6 Å². The van der Waals surface area contributed by atoms with Crippen LogP contribution >= 0.6 is 45.5 Å². The lowest BCUT2D eigenvalue weighted by molar-refractivity contribution is 0.103. The van der Waals surface area contributed by atoms with Gasteiger partial charge in [0.25, 0.3) is 5.91 Å². The molecular formula is C13H11ClINOS. The third-order valence-corrected chi connectivity index (χ3v) is 4.70. The van der Waals surface area contributed by atoms with Crippen molar-refractivity contribution in [3.05, 3.63) is 48.2 Å². The molecule has 0 aliphatic carbocycles. The van der Waals surface area contributed by atoms with E-state index in [-0.39, 0.29) is 5.91 Å². The summed E-state index contributed by atoms with van der Waals surface area (Å²) in [6.45, 7) is 4.01. The lowest BCUT2D eigenvalue weighted by atomic mass is 10.2. The SMILES string of the molecule is Cc1cc(C(=O)Nc2ccc(I)cc2Cl)sc1C. The van der Waals surface area contributed by atoms with Crippen LogP contribution in [0.15, 0.2) is 24.3 Å². The third kappa shape index (κ3) is 3.05. The standard InChI is InChI=1S/C13H11ClINOS/c1-7-5-12(18-8(7)2)13(17)16-11-4-3-9(15)6-10(11)14/h3-6H,1-2H3,(H,16,17). The lowest BCUT2D eigenvalue weighted by Crippen LogP contribution is -2.10. The molecule has 0 unspecified atom stereocenters. The minimum absolute atomic E-state index is 0.112. The first-order valence-corrected chi connectivity index (χ1v) is 7.58. The van der Waals surface area contributed by atoms with Crippen LogP contribution in [-0.4, -0.2) is 5.91 Å². The maximum Gasteiger partial charge on any atom is 0.265 e. The molecule has 0 fully saturated rings. The molecule has 0 bridgehead atoms. The second kappa shape index (κ2) is 5.59. The van der Waals surface area contributed by atoms with Gasteiger partial charge in [-0.25, -0.2) is 0 Å². The van der Waals surface area contributed by atoms with Crippen LogP contribution in [0, 0.1) is 17.4 Å². The van der Waals surface area contributed by atoms with Crippen LogP contribution in [0.5, 0.6) is 0 Å². The average molecular weight is 392 g/mol. The van der Waals surface area contributed by atoms with E-state index >= 15 is 0 Å². The zero-order chi connectivity index (χ0) is 13.3. The van der Waals surface area contributed by atoms with E-state index in [1.165, 1.54) is 11.3 Å². The van der Waals surface area contributed by atoms with Gasteiger partial charge < -0.3 is 5.32 Å². The predicted molar refractivity (Wildman–Crippen MR) is 85.9 cm³/mol. The molecule has 1 amide bonds. The van der Waals surface area contributed by atoms with Crippen LogP contribution in [0.2, 0.25) is 5.02 Å². The summed E-state index contributed by atoms with van der Waals surface area (Å²) in [4.78, 5) is 13.9.